The maximum Gasteiger partial charge on any atom is 0.279 e. The van der Waals surface area contributed by atoms with Crippen LogP contribution in [-0.2, 0) is 4.79 Å². The molecule has 0 bridgehead atoms. The molecular formula is C20H24ClF2N3O2+2. The van der Waals surface area contributed by atoms with E-state index in [1.54, 1.807) is 12.1 Å². The van der Waals surface area contributed by atoms with E-state index in [1.165, 1.54) is 15.9 Å². The third-order valence-electron chi connectivity index (χ3n) is 4.82. The lowest BCUT2D eigenvalue weighted by atomic mass is 10.3. The Morgan fingerprint density at radius 2 is 1.68 bits per heavy atom. The second-order valence-corrected chi connectivity index (χ2v) is 7.34. The molecule has 2 aromatic carbocycles. The smallest absolute Gasteiger partial charge is 0.279 e. The van der Waals surface area contributed by atoms with E-state index in [9.17, 15) is 13.6 Å². The van der Waals surface area contributed by atoms with Crippen molar-refractivity contribution in [3.8, 4) is 5.75 Å². The average molecular weight is 412 g/mol. The summed E-state index contributed by atoms with van der Waals surface area (Å²) in [5, 5.41) is 3.31. The normalized spacial score (nSPS) is 19.2. The molecule has 150 valence electrons. The molecule has 0 spiro atoms. The number of benzene rings is 2. The third kappa shape index (κ3) is 6.15. The molecule has 1 saturated heterocycles. The van der Waals surface area contributed by atoms with Gasteiger partial charge in [-0.1, -0.05) is 11.6 Å². The van der Waals surface area contributed by atoms with Crippen LogP contribution in [-0.4, -0.2) is 51.8 Å². The van der Waals surface area contributed by atoms with E-state index in [2.05, 4.69) is 5.32 Å². The Labute approximate surface area is 167 Å². The Bertz CT molecular complexity index is 797. The summed E-state index contributed by atoms with van der Waals surface area (Å²) in [6.45, 7) is 5.51. The highest BCUT2D eigenvalue weighted by molar-refractivity contribution is 6.30. The van der Waals surface area contributed by atoms with Gasteiger partial charge in [0.15, 0.2) is 18.2 Å². The molecule has 2 aromatic rings. The van der Waals surface area contributed by atoms with Crippen LogP contribution in [0.2, 0.25) is 5.02 Å². The zero-order chi connectivity index (χ0) is 19.9. The molecule has 0 unspecified atom stereocenters. The standard InChI is InChI=1S/C20H22ClF2N3O2/c21-15-1-4-17(5-2-15)28-12-11-25-7-9-26(10-8-25)14-20(27)24-16-3-6-18(22)19(23)13-16/h1-6,13H,7-12,14H2,(H,24,27)/p+2. The molecule has 3 rings (SSSR count). The molecule has 1 aliphatic rings. The first-order valence-corrected chi connectivity index (χ1v) is 9.68. The van der Waals surface area contributed by atoms with Gasteiger partial charge >= 0.3 is 0 Å². The van der Waals surface area contributed by atoms with Crippen LogP contribution in [0.1, 0.15) is 0 Å². The summed E-state index contributed by atoms with van der Waals surface area (Å²) in [5.41, 5.74) is 0.270. The number of carbonyl (C=O) groups excluding carboxylic acids is 1. The molecule has 0 aliphatic carbocycles. The number of ether oxygens (including phenoxy) is 1. The molecule has 0 atom stereocenters. The maximum atomic E-state index is 13.2. The molecule has 1 heterocycles. The number of piperazine rings is 1. The molecule has 8 heteroatoms. The van der Waals surface area contributed by atoms with Crippen molar-refractivity contribution in [2.75, 3.05) is 51.2 Å². The van der Waals surface area contributed by atoms with Crippen LogP contribution in [0.3, 0.4) is 0 Å². The highest BCUT2D eigenvalue weighted by Crippen LogP contribution is 2.15. The lowest BCUT2D eigenvalue weighted by Crippen LogP contribution is -3.28. The molecule has 1 fully saturated rings. The molecule has 0 saturated carbocycles. The quantitative estimate of drug-likeness (QED) is 0.618. The highest BCUT2D eigenvalue weighted by Gasteiger charge is 2.24. The van der Waals surface area contributed by atoms with Gasteiger partial charge in [-0.3, -0.25) is 4.79 Å². The zero-order valence-electron chi connectivity index (χ0n) is 15.4. The molecule has 1 aliphatic heterocycles. The number of halogens is 3. The van der Waals surface area contributed by atoms with Gasteiger partial charge in [0.1, 0.15) is 45.1 Å². The maximum absolute atomic E-state index is 13.2. The Morgan fingerprint density at radius 1 is 1.00 bits per heavy atom. The van der Waals surface area contributed by atoms with Crippen LogP contribution in [0, 0.1) is 11.6 Å². The van der Waals surface area contributed by atoms with Gasteiger partial charge in [-0.25, -0.2) is 8.78 Å². The van der Waals surface area contributed by atoms with Gasteiger partial charge in [-0.2, -0.15) is 0 Å². The fourth-order valence-corrected chi connectivity index (χ4v) is 3.36. The van der Waals surface area contributed by atoms with Crippen molar-refractivity contribution < 1.29 is 28.1 Å². The van der Waals surface area contributed by atoms with Crippen molar-refractivity contribution in [2.45, 2.75) is 0 Å². The number of quaternary nitrogens is 2. The number of amides is 1. The van der Waals surface area contributed by atoms with Crippen molar-refractivity contribution in [3.63, 3.8) is 0 Å². The number of nitrogens with one attached hydrogen (secondary N) is 3. The topological polar surface area (TPSA) is 47.2 Å². The van der Waals surface area contributed by atoms with Gasteiger partial charge in [-0.15, -0.1) is 0 Å². The Balaban J connectivity index is 1.34. The van der Waals surface area contributed by atoms with E-state index < -0.39 is 11.6 Å². The predicted octanol–water partition coefficient (Wildman–Crippen LogP) is 0.419. The van der Waals surface area contributed by atoms with E-state index in [0.717, 1.165) is 50.6 Å². The molecule has 0 radical (unpaired) electrons. The number of carbonyl (C=O) groups is 1. The van der Waals surface area contributed by atoms with Crippen LogP contribution >= 0.6 is 11.6 Å². The van der Waals surface area contributed by atoms with Crippen molar-refractivity contribution in [1.82, 2.24) is 0 Å². The lowest BCUT2D eigenvalue weighted by Gasteiger charge is -2.29. The second-order valence-electron chi connectivity index (χ2n) is 6.91. The van der Waals surface area contributed by atoms with Crippen molar-refractivity contribution in [2.24, 2.45) is 0 Å². The minimum Gasteiger partial charge on any atom is -0.488 e. The van der Waals surface area contributed by atoms with Crippen LogP contribution in [0.15, 0.2) is 42.5 Å². The summed E-state index contributed by atoms with van der Waals surface area (Å²) >= 11 is 5.85. The Hall–Kier alpha value is -2.22. The first-order chi connectivity index (χ1) is 13.5. The van der Waals surface area contributed by atoms with E-state index in [4.69, 9.17) is 16.3 Å². The summed E-state index contributed by atoms with van der Waals surface area (Å²) in [7, 11) is 0. The number of hydrogen-bond acceptors (Lipinski definition) is 2. The van der Waals surface area contributed by atoms with E-state index in [-0.39, 0.29) is 11.6 Å². The van der Waals surface area contributed by atoms with Crippen LogP contribution < -0.4 is 19.9 Å². The van der Waals surface area contributed by atoms with E-state index >= 15 is 0 Å². The Kier molecular flexibility index (Phi) is 7.19. The summed E-state index contributed by atoms with van der Waals surface area (Å²) in [5.74, 6) is -1.29. The third-order valence-corrected chi connectivity index (χ3v) is 5.07. The van der Waals surface area contributed by atoms with Crippen molar-refractivity contribution in [1.29, 1.82) is 0 Å². The van der Waals surface area contributed by atoms with Gasteiger partial charge in [0.2, 0.25) is 0 Å². The minimum absolute atomic E-state index is 0.199. The van der Waals surface area contributed by atoms with Crippen LogP contribution in [0.5, 0.6) is 5.75 Å². The first-order valence-electron chi connectivity index (χ1n) is 9.30. The zero-order valence-corrected chi connectivity index (χ0v) is 16.2. The molecule has 0 aromatic heterocycles. The molecular weight excluding hydrogens is 388 g/mol. The van der Waals surface area contributed by atoms with Gasteiger partial charge in [-0.05, 0) is 36.4 Å². The summed E-state index contributed by atoms with van der Waals surface area (Å²) in [6, 6.07) is 10.7. The van der Waals surface area contributed by atoms with E-state index in [0.29, 0.717) is 18.2 Å². The fraction of sp³-hybridized carbons (Fsp3) is 0.350. The largest absolute Gasteiger partial charge is 0.488 e. The van der Waals surface area contributed by atoms with Gasteiger partial charge < -0.3 is 19.9 Å². The number of anilines is 1. The fourth-order valence-electron chi connectivity index (χ4n) is 3.23. The monoisotopic (exact) mass is 411 g/mol. The van der Waals surface area contributed by atoms with Crippen LogP contribution in [0.25, 0.3) is 0 Å². The first kappa shape index (κ1) is 20.5. The van der Waals surface area contributed by atoms with Gasteiger partial charge in [0, 0.05) is 16.8 Å². The molecule has 28 heavy (non-hydrogen) atoms. The average Bonchev–Trinajstić information content (AvgIpc) is 2.68. The predicted molar refractivity (Wildman–Crippen MR) is 103 cm³/mol. The molecule has 5 nitrogen and oxygen atoms in total. The number of hydrogen-bond donors (Lipinski definition) is 3. The molecule has 3 N–H and O–H groups in total. The number of rotatable bonds is 7. The van der Waals surface area contributed by atoms with Crippen molar-refractivity contribution in [3.05, 3.63) is 59.1 Å². The highest BCUT2D eigenvalue weighted by atomic mass is 35.5. The molecule has 1 amide bonds. The summed E-state index contributed by atoms with van der Waals surface area (Å²) in [4.78, 5) is 14.8. The van der Waals surface area contributed by atoms with E-state index in [1.807, 2.05) is 12.1 Å². The second kappa shape index (κ2) is 9.82. The summed E-state index contributed by atoms with van der Waals surface area (Å²) in [6.07, 6.45) is 0. The van der Waals surface area contributed by atoms with Crippen LogP contribution in [0.4, 0.5) is 14.5 Å². The minimum atomic E-state index is -0.969. The lowest BCUT2D eigenvalue weighted by molar-refractivity contribution is -1.01. The van der Waals surface area contributed by atoms with Gasteiger partial charge in [0.25, 0.3) is 5.91 Å². The Morgan fingerprint density at radius 3 is 2.36 bits per heavy atom. The summed E-state index contributed by atoms with van der Waals surface area (Å²) < 4.78 is 31.9. The van der Waals surface area contributed by atoms with Crippen molar-refractivity contribution >= 4 is 23.2 Å². The SMILES string of the molecule is O=C(C[NH+]1CC[NH+](CCOc2ccc(Cl)cc2)CC1)Nc1ccc(F)c(F)c1. The van der Waals surface area contributed by atoms with Gasteiger partial charge in [0.05, 0.1) is 0 Å².